The highest BCUT2D eigenvalue weighted by molar-refractivity contribution is 6.44. The monoisotopic (exact) mass is 264 g/mol. The van der Waals surface area contributed by atoms with Crippen LogP contribution >= 0.6 is 0 Å². The predicted molar refractivity (Wildman–Crippen MR) is 69.9 cm³/mol. The first-order valence-electron chi connectivity index (χ1n) is 5.77. The largest absolute Gasteiger partial charge is 0.465 e. The summed E-state index contributed by atoms with van der Waals surface area (Å²) in [5, 5.41) is 0. The van der Waals surface area contributed by atoms with Crippen LogP contribution in [0, 0.1) is 0 Å². The summed E-state index contributed by atoms with van der Waals surface area (Å²) in [5.41, 5.74) is 2.82. The molecule has 0 spiro atoms. The summed E-state index contributed by atoms with van der Waals surface area (Å²) in [6.45, 7) is 1.73. The van der Waals surface area contributed by atoms with Crippen LogP contribution in [0.5, 0.6) is 0 Å². The van der Waals surface area contributed by atoms with Crippen LogP contribution in [0.15, 0.2) is 35.3 Å². The van der Waals surface area contributed by atoms with Gasteiger partial charge in [0.2, 0.25) is 5.78 Å². The highest BCUT2D eigenvalue weighted by Crippen LogP contribution is 2.01. The number of ether oxygens (including phenoxy) is 1. The van der Waals surface area contributed by atoms with E-state index in [1.54, 1.807) is 37.3 Å². The summed E-state index contributed by atoms with van der Waals surface area (Å²) in [7, 11) is 1.36. The van der Waals surface area contributed by atoms with Gasteiger partial charge in [-0.25, -0.2) is 5.48 Å². The molecule has 0 amide bonds. The molecule has 1 aromatic carbocycles. The summed E-state index contributed by atoms with van der Waals surface area (Å²) in [5.74, 6) is -0.896. The average molecular weight is 264 g/mol. The second kappa shape index (κ2) is 7.99. The van der Waals surface area contributed by atoms with Gasteiger partial charge in [-0.3, -0.25) is 19.4 Å². The summed E-state index contributed by atoms with van der Waals surface area (Å²) >= 11 is 0. The van der Waals surface area contributed by atoms with E-state index in [9.17, 15) is 9.59 Å². The smallest absolute Gasteiger partial charge is 0.327 e. The Bertz CT molecular complexity index is 457. The minimum Gasteiger partial charge on any atom is -0.465 e. The van der Waals surface area contributed by atoms with Gasteiger partial charge in [-0.2, -0.15) is 0 Å². The third kappa shape index (κ3) is 4.89. The number of ketones is 1. The Hall–Kier alpha value is -2.21. The van der Waals surface area contributed by atoms with Gasteiger partial charge in [0.25, 0.3) is 0 Å². The normalized spacial score (nSPS) is 10.9. The molecule has 0 unspecified atom stereocenters. The van der Waals surface area contributed by atoms with Gasteiger partial charge in [-0.1, -0.05) is 30.3 Å². The van der Waals surface area contributed by atoms with Crippen LogP contribution in [0.2, 0.25) is 0 Å². The molecule has 0 saturated carbocycles. The van der Waals surface area contributed by atoms with Crippen LogP contribution < -0.4 is 5.48 Å². The molecule has 0 radical (unpaired) electrons. The molecule has 0 heterocycles. The number of nitrogens with one attached hydrogen (secondary N) is 1. The van der Waals surface area contributed by atoms with E-state index in [0.29, 0.717) is 5.56 Å². The molecule has 1 aromatic rings. The van der Waals surface area contributed by atoms with Crippen molar-refractivity contribution in [2.24, 2.45) is 4.99 Å². The Morgan fingerprint density at radius 1 is 1.26 bits per heavy atom. The molecule has 102 valence electrons. The van der Waals surface area contributed by atoms with Gasteiger partial charge in [0.05, 0.1) is 13.7 Å². The highest BCUT2D eigenvalue weighted by Gasteiger charge is 2.14. The molecule has 0 aromatic heterocycles. The van der Waals surface area contributed by atoms with Gasteiger partial charge in [-0.15, -0.1) is 0 Å². The molecule has 0 aliphatic carbocycles. The van der Waals surface area contributed by atoms with Crippen LogP contribution in [0.4, 0.5) is 0 Å². The van der Waals surface area contributed by atoms with Crippen molar-refractivity contribution >= 4 is 17.6 Å². The fourth-order valence-electron chi connectivity index (χ4n) is 1.32. The van der Waals surface area contributed by atoms with E-state index >= 15 is 0 Å². The van der Waals surface area contributed by atoms with Gasteiger partial charge >= 0.3 is 5.97 Å². The predicted octanol–water partition coefficient (Wildman–Crippen LogP) is 0.982. The van der Waals surface area contributed by atoms with Crippen molar-refractivity contribution in [1.82, 2.24) is 5.48 Å². The maximum absolute atomic E-state index is 12.1. The van der Waals surface area contributed by atoms with E-state index < -0.39 is 5.97 Å². The van der Waals surface area contributed by atoms with Crippen LogP contribution in [-0.4, -0.2) is 37.8 Å². The number of Topliss-reactive ketones (excluding diaryl/α,β-unsaturated/α-hetero) is 1. The van der Waals surface area contributed by atoms with E-state index in [1.807, 2.05) is 0 Å². The number of hydrogen-bond acceptors (Lipinski definition) is 5. The number of hydrogen-bond donors (Lipinski definition) is 1. The molecule has 0 aliphatic heterocycles. The SMILES string of the molecule is CCOC(=O)CN=C(NOC)C(=O)c1ccccc1. The van der Waals surface area contributed by atoms with Crippen molar-refractivity contribution in [3.63, 3.8) is 0 Å². The van der Waals surface area contributed by atoms with E-state index in [4.69, 9.17) is 4.74 Å². The molecule has 0 fully saturated rings. The lowest BCUT2D eigenvalue weighted by molar-refractivity contribution is -0.141. The molecule has 1 rings (SSSR count). The standard InChI is InChI=1S/C13H16N2O4/c1-3-19-11(16)9-14-13(15-18-2)12(17)10-7-5-4-6-8-10/h4-8H,3,9H2,1-2H3,(H,14,15). The number of aliphatic imine (C=N–C) groups is 1. The van der Waals surface area contributed by atoms with Crippen molar-refractivity contribution in [3.05, 3.63) is 35.9 Å². The fourth-order valence-corrected chi connectivity index (χ4v) is 1.32. The summed E-state index contributed by atoms with van der Waals surface area (Å²) < 4.78 is 4.73. The van der Waals surface area contributed by atoms with E-state index in [1.165, 1.54) is 7.11 Å². The topological polar surface area (TPSA) is 77.0 Å². The number of hydroxylamine groups is 1. The average Bonchev–Trinajstić information content (AvgIpc) is 2.44. The van der Waals surface area contributed by atoms with Gasteiger partial charge in [0.1, 0.15) is 6.54 Å². The molecule has 6 nitrogen and oxygen atoms in total. The minimum absolute atomic E-state index is 0.0400. The number of nitrogens with zero attached hydrogens (tertiary/aromatic N) is 1. The first kappa shape index (κ1) is 14.8. The lowest BCUT2D eigenvalue weighted by atomic mass is 10.1. The maximum atomic E-state index is 12.1. The maximum Gasteiger partial charge on any atom is 0.327 e. The van der Waals surface area contributed by atoms with Gasteiger partial charge < -0.3 is 4.74 Å². The van der Waals surface area contributed by atoms with Crippen LogP contribution in [-0.2, 0) is 14.4 Å². The number of benzene rings is 1. The molecular weight excluding hydrogens is 248 g/mol. The number of amidine groups is 1. The number of rotatable bonds is 6. The van der Waals surface area contributed by atoms with Crippen LogP contribution in [0.25, 0.3) is 0 Å². The summed E-state index contributed by atoms with van der Waals surface area (Å²) in [4.78, 5) is 31.8. The van der Waals surface area contributed by atoms with Crippen molar-refractivity contribution in [1.29, 1.82) is 0 Å². The number of carbonyl (C=O) groups excluding carboxylic acids is 2. The number of carbonyl (C=O) groups is 2. The molecule has 1 N–H and O–H groups in total. The quantitative estimate of drug-likeness (QED) is 0.272. The Morgan fingerprint density at radius 3 is 2.53 bits per heavy atom. The van der Waals surface area contributed by atoms with Crippen LogP contribution in [0.1, 0.15) is 17.3 Å². The molecular formula is C13H16N2O4. The lowest BCUT2D eigenvalue weighted by Crippen LogP contribution is -2.31. The first-order chi connectivity index (χ1) is 9.19. The number of esters is 1. The Kier molecular flexibility index (Phi) is 6.25. The molecule has 0 aliphatic rings. The second-order valence-corrected chi connectivity index (χ2v) is 3.47. The Labute approximate surface area is 111 Å². The van der Waals surface area contributed by atoms with Gasteiger partial charge in [0, 0.05) is 5.56 Å². The molecule has 0 atom stereocenters. The first-order valence-corrected chi connectivity index (χ1v) is 5.77. The lowest BCUT2D eigenvalue weighted by Gasteiger charge is -2.06. The van der Waals surface area contributed by atoms with Gasteiger partial charge in [-0.05, 0) is 6.92 Å². The third-order valence-corrected chi connectivity index (χ3v) is 2.12. The second-order valence-electron chi connectivity index (χ2n) is 3.47. The van der Waals surface area contributed by atoms with E-state index in [0.717, 1.165) is 0 Å². The minimum atomic E-state index is -0.501. The van der Waals surface area contributed by atoms with Gasteiger partial charge in [0.15, 0.2) is 5.84 Å². The van der Waals surface area contributed by atoms with Crippen molar-refractivity contribution in [2.75, 3.05) is 20.3 Å². The Balaban J connectivity index is 2.79. The third-order valence-electron chi connectivity index (χ3n) is 2.12. The van der Waals surface area contributed by atoms with Crippen molar-refractivity contribution in [3.8, 4) is 0 Å². The molecule has 0 saturated heterocycles. The summed E-state index contributed by atoms with van der Waals surface area (Å²) in [6.07, 6.45) is 0. The zero-order valence-electron chi connectivity index (χ0n) is 10.9. The molecule has 19 heavy (non-hydrogen) atoms. The Morgan fingerprint density at radius 2 is 1.95 bits per heavy atom. The van der Waals surface area contributed by atoms with Crippen LogP contribution in [0.3, 0.4) is 0 Å². The van der Waals surface area contributed by atoms with Crippen molar-refractivity contribution in [2.45, 2.75) is 6.92 Å². The molecule has 0 bridgehead atoms. The van der Waals surface area contributed by atoms with Crippen molar-refractivity contribution < 1.29 is 19.2 Å². The fraction of sp³-hybridized carbons (Fsp3) is 0.308. The van der Waals surface area contributed by atoms with E-state index in [-0.39, 0.29) is 24.8 Å². The summed E-state index contributed by atoms with van der Waals surface area (Å²) in [6, 6.07) is 8.58. The molecule has 6 heteroatoms. The van der Waals surface area contributed by atoms with E-state index in [2.05, 4.69) is 15.3 Å². The zero-order chi connectivity index (χ0) is 14.1. The highest BCUT2D eigenvalue weighted by atomic mass is 16.6. The zero-order valence-corrected chi connectivity index (χ0v) is 10.9.